The number of unbranched alkanes of at least 4 members (excludes halogenated alkanes) is 2. The number of nitrogens with zero attached hydrogens (tertiary/aromatic N) is 1. The first-order valence-electron chi connectivity index (χ1n) is 8.67. The maximum Gasteiger partial charge on any atom is 0.363 e. The molecule has 5 heteroatoms. The average Bonchev–Trinajstić information content (AvgIpc) is 3.01. The third-order valence-electron chi connectivity index (χ3n) is 3.89. The summed E-state index contributed by atoms with van der Waals surface area (Å²) in [5.74, 6) is -0.0600. The van der Waals surface area contributed by atoms with Crippen molar-refractivity contribution in [1.82, 2.24) is 0 Å². The van der Waals surface area contributed by atoms with E-state index in [-0.39, 0.29) is 11.6 Å². The van der Waals surface area contributed by atoms with Crippen LogP contribution in [0.3, 0.4) is 0 Å². The Balaban J connectivity index is 1.70. The number of ether oxygens (including phenoxy) is 2. The van der Waals surface area contributed by atoms with Crippen LogP contribution in [0.4, 0.5) is 4.39 Å². The smallest absolute Gasteiger partial charge is 0.363 e. The van der Waals surface area contributed by atoms with Crippen molar-refractivity contribution in [2.24, 2.45) is 4.99 Å². The number of halogens is 1. The van der Waals surface area contributed by atoms with Crippen LogP contribution in [0.25, 0.3) is 6.08 Å². The van der Waals surface area contributed by atoms with Gasteiger partial charge in [0.15, 0.2) is 5.70 Å². The molecule has 0 saturated heterocycles. The van der Waals surface area contributed by atoms with E-state index in [1.54, 1.807) is 18.2 Å². The highest BCUT2D eigenvalue weighted by molar-refractivity contribution is 6.12. The lowest BCUT2D eigenvalue weighted by Crippen LogP contribution is -2.05. The molecule has 0 saturated carbocycles. The van der Waals surface area contributed by atoms with Gasteiger partial charge in [0.2, 0.25) is 5.90 Å². The Hall–Kier alpha value is -2.95. The summed E-state index contributed by atoms with van der Waals surface area (Å²) in [6, 6.07) is 13.2. The van der Waals surface area contributed by atoms with E-state index in [4.69, 9.17) is 9.47 Å². The van der Waals surface area contributed by atoms with Crippen LogP contribution in [0, 0.1) is 5.82 Å². The number of carbonyl (C=O) groups is 1. The van der Waals surface area contributed by atoms with Crippen LogP contribution in [0.1, 0.15) is 37.3 Å². The van der Waals surface area contributed by atoms with Crippen molar-refractivity contribution in [3.63, 3.8) is 0 Å². The standard InChI is InChI=1S/C21H20FNO3/c1-2-3-4-12-25-18-10-8-15(9-11-18)13-19-21(24)26-20(23-19)16-6-5-7-17(22)14-16/h5-11,13-14H,2-4,12H2,1H3/b19-13-. The number of cyclic esters (lactones) is 1. The summed E-state index contributed by atoms with van der Waals surface area (Å²) < 4.78 is 24.1. The molecule has 134 valence electrons. The van der Waals surface area contributed by atoms with Gasteiger partial charge in [-0.25, -0.2) is 14.2 Å². The summed E-state index contributed by atoms with van der Waals surface area (Å²) >= 11 is 0. The van der Waals surface area contributed by atoms with Crippen molar-refractivity contribution in [2.75, 3.05) is 6.61 Å². The van der Waals surface area contributed by atoms with Crippen LogP contribution in [-0.4, -0.2) is 18.5 Å². The maximum absolute atomic E-state index is 13.3. The van der Waals surface area contributed by atoms with Crippen LogP contribution >= 0.6 is 0 Å². The van der Waals surface area contributed by atoms with Gasteiger partial charge < -0.3 is 9.47 Å². The summed E-state index contributed by atoms with van der Waals surface area (Å²) in [5, 5.41) is 0. The summed E-state index contributed by atoms with van der Waals surface area (Å²) in [4.78, 5) is 16.2. The second kappa shape index (κ2) is 8.43. The second-order valence-corrected chi connectivity index (χ2v) is 5.97. The van der Waals surface area contributed by atoms with Gasteiger partial charge in [-0.3, -0.25) is 0 Å². The van der Waals surface area contributed by atoms with Crippen LogP contribution in [-0.2, 0) is 9.53 Å². The van der Waals surface area contributed by atoms with Gasteiger partial charge in [-0.1, -0.05) is 38.0 Å². The van der Waals surface area contributed by atoms with E-state index in [1.807, 2.05) is 24.3 Å². The van der Waals surface area contributed by atoms with Crippen molar-refractivity contribution in [1.29, 1.82) is 0 Å². The lowest BCUT2D eigenvalue weighted by atomic mass is 10.2. The summed E-state index contributed by atoms with van der Waals surface area (Å²) in [6.45, 7) is 2.85. The molecule has 0 N–H and O–H groups in total. The fraction of sp³-hybridized carbons (Fsp3) is 0.238. The number of benzene rings is 2. The van der Waals surface area contributed by atoms with Gasteiger partial charge in [0.05, 0.1) is 6.61 Å². The van der Waals surface area contributed by atoms with E-state index in [1.165, 1.54) is 12.1 Å². The monoisotopic (exact) mass is 353 g/mol. The van der Waals surface area contributed by atoms with Crippen molar-refractivity contribution >= 4 is 17.9 Å². The number of hydrogen-bond acceptors (Lipinski definition) is 4. The fourth-order valence-corrected chi connectivity index (χ4v) is 2.51. The first-order chi connectivity index (χ1) is 12.7. The number of esters is 1. The second-order valence-electron chi connectivity index (χ2n) is 5.97. The molecule has 0 unspecified atom stereocenters. The molecule has 0 spiro atoms. The fourth-order valence-electron chi connectivity index (χ4n) is 2.51. The molecule has 0 fully saturated rings. The zero-order chi connectivity index (χ0) is 18.4. The molecule has 0 aliphatic carbocycles. The molecule has 4 nitrogen and oxygen atoms in total. The van der Waals surface area contributed by atoms with E-state index in [9.17, 15) is 9.18 Å². The van der Waals surface area contributed by atoms with Gasteiger partial charge in [-0.05, 0) is 48.4 Å². The maximum atomic E-state index is 13.3. The van der Waals surface area contributed by atoms with Gasteiger partial charge in [-0.15, -0.1) is 0 Å². The van der Waals surface area contributed by atoms with Crippen LogP contribution in [0.5, 0.6) is 5.75 Å². The minimum atomic E-state index is -0.552. The lowest BCUT2D eigenvalue weighted by Gasteiger charge is -2.05. The number of carbonyl (C=O) groups excluding carboxylic acids is 1. The highest BCUT2D eigenvalue weighted by Crippen LogP contribution is 2.21. The Bertz CT molecular complexity index is 841. The summed E-state index contributed by atoms with van der Waals surface area (Å²) in [5.41, 5.74) is 1.42. The van der Waals surface area contributed by atoms with Gasteiger partial charge in [-0.2, -0.15) is 0 Å². The number of rotatable bonds is 7. The quantitative estimate of drug-likeness (QED) is 0.410. The molecule has 0 aromatic heterocycles. The molecule has 2 aromatic carbocycles. The Morgan fingerprint density at radius 2 is 1.96 bits per heavy atom. The van der Waals surface area contributed by atoms with Gasteiger partial charge in [0.1, 0.15) is 11.6 Å². The molecular formula is C21H20FNO3. The lowest BCUT2D eigenvalue weighted by molar-refractivity contribution is -0.129. The Morgan fingerprint density at radius 3 is 2.69 bits per heavy atom. The highest BCUT2D eigenvalue weighted by atomic mass is 19.1. The number of hydrogen-bond donors (Lipinski definition) is 0. The third kappa shape index (κ3) is 4.57. The van der Waals surface area contributed by atoms with Crippen LogP contribution in [0.2, 0.25) is 0 Å². The Labute approximate surface area is 152 Å². The molecule has 1 aliphatic rings. The van der Waals surface area contributed by atoms with Crippen LogP contribution < -0.4 is 4.74 Å². The molecule has 1 heterocycles. The van der Waals surface area contributed by atoms with Crippen molar-refractivity contribution in [3.8, 4) is 5.75 Å². The SMILES string of the molecule is CCCCCOc1ccc(/C=C2\N=C(c3cccc(F)c3)OC2=O)cc1. The van der Waals surface area contributed by atoms with Crippen molar-refractivity contribution in [2.45, 2.75) is 26.2 Å². The molecule has 2 aromatic rings. The van der Waals surface area contributed by atoms with E-state index in [2.05, 4.69) is 11.9 Å². The van der Waals surface area contributed by atoms with E-state index >= 15 is 0 Å². The minimum absolute atomic E-state index is 0.108. The molecule has 0 atom stereocenters. The largest absolute Gasteiger partial charge is 0.494 e. The van der Waals surface area contributed by atoms with E-state index in [0.29, 0.717) is 12.2 Å². The van der Waals surface area contributed by atoms with Crippen molar-refractivity contribution in [3.05, 3.63) is 71.2 Å². The van der Waals surface area contributed by atoms with Gasteiger partial charge in [0, 0.05) is 5.56 Å². The molecule has 1 aliphatic heterocycles. The van der Waals surface area contributed by atoms with Gasteiger partial charge >= 0.3 is 5.97 Å². The Kier molecular flexibility index (Phi) is 5.79. The molecule has 3 rings (SSSR count). The normalized spacial score (nSPS) is 15.1. The first-order valence-corrected chi connectivity index (χ1v) is 8.67. The average molecular weight is 353 g/mol. The predicted octanol–water partition coefficient (Wildman–Crippen LogP) is 4.74. The Morgan fingerprint density at radius 1 is 1.15 bits per heavy atom. The predicted molar refractivity (Wildman–Crippen MR) is 98.5 cm³/mol. The van der Waals surface area contributed by atoms with Gasteiger partial charge in [0.25, 0.3) is 0 Å². The summed E-state index contributed by atoms with van der Waals surface area (Å²) in [6.07, 6.45) is 4.98. The zero-order valence-corrected chi connectivity index (χ0v) is 14.6. The topological polar surface area (TPSA) is 47.9 Å². The summed E-state index contributed by atoms with van der Waals surface area (Å²) in [7, 11) is 0. The molecule has 26 heavy (non-hydrogen) atoms. The first kappa shape index (κ1) is 17.9. The van der Waals surface area contributed by atoms with Crippen LogP contribution in [0.15, 0.2) is 59.2 Å². The molecule has 0 radical (unpaired) electrons. The third-order valence-corrected chi connectivity index (χ3v) is 3.89. The van der Waals surface area contributed by atoms with E-state index < -0.39 is 11.8 Å². The minimum Gasteiger partial charge on any atom is -0.494 e. The number of aliphatic imine (C=N–C) groups is 1. The molecular weight excluding hydrogens is 333 g/mol. The highest BCUT2D eigenvalue weighted by Gasteiger charge is 2.24. The van der Waals surface area contributed by atoms with E-state index in [0.717, 1.165) is 30.6 Å². The van der Waals surface area contributed by atoms with Crippen molar-refractivity contribution < 1.29 is 18.7 Å². The molecule has 0 amide bonds. The zero-order valence-electron chi connectivity index (χ0n) is 14.6. The molecule has 0 bridgehead atoms.